The number of amides is 1. The van der Waals surface area contributed by atoms with Crippen LogP contribution >= 0.6 is 0 Å². The molecule has 0 radical (unpaired) electrons. The fraction of sp³-hybridized carbons (Fsp3) is 0.350. The second-order valence-electron chi connectivity index (χ2n) is 7.07. The Labute approximate surface area is 167 Å². The number of likely N-dealkylation sites (tertiary alicyclic amines) is 1. The Kier molecular flexibility index (Phi) is 4.87. The Bertz CT molecular complexity index is 1040. The van der Waals surface area contributed by atoms with E-state index in [0.29, 0.717) is 30.1 Å². The standard InChI is InChI=1S/C20H21N5O4/c1-24-11-14(10-21-24)17-15(8-9-16(26)25(17)2)19-22-18(23-29-19)12-4-6-13(7-5-12)20(27)28-3/h4-7,10-11,15,17H,8-9H2,1-3H3/t15-,17+/m0/s1. The van der Waals surface area contributed by atoms with Crippen LogP contribution in [0.25, 0.3) is 11.4 Å². The molecule has 9 nitrogen and oxygen atoms in total. The van der Waals surface area contributed by atoms with Crippen LogP contribution in [0.1, 0.15) is 46.6 Å². The Morgan fingerprint density at radius 3 is 2.66 bits per heavy atom. The van der Waals surface area contributed by atoms with Gasteiger partial charge in [-0.1, -0.05) is 17.3 Å². The van der Waals surface area contributed by atoms with E-state index < -0.39 is 5.97 Å². The minimum absolute atomic E-state index is 0.0771. The molecule has 0 bridgehead atoms. The van der Waals surface area contributed by atoms with Crippen molar-refractivity contribution in [3.05, 3.63) is 53.7 Å². The molecular weight excluding hydrogens is 374 g/mol. The summed E-state index contributed by atoms with van der Waals surface area (Å²) in [6, 6.07) is 6.58. The third-order valence-corrected chi connectivity index (χ3v) is 5.25. The predicted octanol–water partition coefficient (Wildman–Crippen LogP) is 2.33. The minimum atomic E-state index is -0.403. The average Bonchev–Trinajstić information content (AvgIpc) is 3.39. The van der Waals surface area contributed by atoms with Crippen molar-refractivity contribution in [1.29, 1.82) is 0 Å². The zero-order chi connectivity index (χ0) is 20.5. The van der Waals surface area contributed by atoms with Crippen LogP contribution in [0.2, 0.25) is 0 Å². The van der Waals surface area contributed by atoms with E-state index in [0.717, 1.165) is 11.1 Å². The third-order valence-electron chi connectivity index (χ3n) is 5.25. The topological polar surface area (TPSA) is 103 Å². The van der Waals surface area contributed by atoms with E-state index in [1.165, 1.54) is 7.11 Å². The quantitative estimate of drug-likeness (QED) is 0.625. The summed E-state index contributed by atoms with van der Waals surface area (Å²) in [5.41, 5.74) is 2.10. The highest BCUT2D eigenvalue weighted by atomic mass is 16.5. The second kappa shape index (κ2) is 7.50. The van der Waals surface area contributed by atoms with E-state index in [2.05, 4.69) is 15.2 Å². The molecule has 2 atom stereocenters. The van der Waals surface area contributed by atoms with Gasteiger partial charge in [-0.3, -0.25) is 9.48 Å². The molecule has 3 aromatic rings. The van der Waals surface area contributed by atoms with Crippen molar-refractivity contribution in [3.8, 4) is 11.4 Å². The molecule has 0 aliphatic carbocycles. The molecule has 0 spiro atoms. The number of carbonyl (C=O) groups excluding carboxylic acids is 2. The molecule has 2 aromatic heterocycles. The first-order valence-corrected chi connectivity index (χ1v) is 9.24. The number of nitrogens with zero attached hydrogens (tertiary/aromatic N) is 5. The highest BCUT2D eigenvalue weighted by Gasteiger charge is 2.39. The van der Waals surface area contributed by atoms with Crippen molar-refractivity contribution in [2.24, 2.45) is 7.05 Å². The van der Waals surface area contributed by atoms with Crippen LogP contribution in [-0.2, 0) is 16.6 Å². The maximum absolute atomic E-state index is 12.3. The number of aromatic nitrogens is 4. The van der Waals surface area contributed by atoms with Crippen LogP contribution in [0.15, 0.2) is 41.2 Å². The van der Waals surface area contributed by atoms with E-state index in [1.807, 2.05) is 13.2 Å². The van der Waals surface area contributed by atoms with Gasteiger partial charge in [0.15, 0.2) is 0 Å². The number of piperidine rings is 1. The van der Waals surface area contributed by atoms with E-state index in [4.69, 9.17) is 9.26 Å². The van der Waals surface area contributed by atoms with E-state index >= 15 is 0 Å². The minimum Gasteiger partial charge on any atom is -0.465 e. The number of ether oxygens (including phenoxy) is 1. The van der Waals surface area contributed by atoms with Crippen LogP contribution in [0, 0.1) is 0 Å². The Balaban J connectivity index is 1.63. The van der Waals surface area contributed by atoms with Crippen LogP contribution in [0.3, 0.4) is 0 Å². The monoisotopic (exact) mass is 395 g/mol. The molecule has 1 fully saturated rings. The third kappa shape index (κ3) is 3.51. The SMILES string of the molecule is COC(=O)c1ccc(-c2noc([C@H]3CCC(=O)N(C)[C@@H]3c3cnn(C)c3)n2)cc1. The van der Waals surface area contributed by atoms with Gasteiger partial charge in [0.2, 0.25) is 17.6 Å². The lowest BCUT2D eigenvalue weighted by Gasteiger charge is -2.36. The fourth-order valence-corrected chi connectivity index (χ4v) is 3.72. The number of hydrogen-bond donors (Lipinski definition) is 0. The van der Waals surface area contributed by atoms with Crippen LogP contribution < -0.4 is 0 Å². The van der Waals surface area contributed by atoms with Gasteiger partial charge in [0.25, 0.3) is 0 Å². The largest absolute Gasteiger partial charge is 0.465 e. The summed E-state index contributed by atoms with van der Waals surface area (Å²) >= 11 is 0. The van der Waals surface area contributed by atoms with Crippen molar-refractivity contribution in [2.45, 2.75) is 24.8 Å². The van der Waals surface area contributed by atoms with E-state index in [9.17, 15) is 9.59 Å². The number of esters is 1. The van der Waals surface area contributed by atoms with Crippen LogP contribution in [-0.4, -0.2) is 50.9 Å². The zero-order valence-electron chi connectivity index (χ0n) is 16.4. The van der Waals surface area contributed by atoms with Crippen molar-refractivity contribution in [1.82, 2.24) is 24.8 Å². The number of carbonyl (C=O) groups is 2. The number of methoxy groups -OCH3 is 1. The number of likely N-dealkylation sites (N-methyl/N-ethyl adjacent to an activating group) is 1. The second-order valence-corrected chi connectivity index (χ2v) is 7.07. The van der Waals surface area contributed by atoms with Gasteiger partial charge in [0.05, 0.1) is 30.8 Å². The van der Waals surface area contributed by atoms with E-state index in [-0.39, 0.29) is 17.9 Å². The predicted molar refractivity (Wildman–Crippen MR) is 102 cm³/mol. The maximum Gasteiger partial charge on any atom is 0.337 e. The molecule has 1 aliphatic heterocycles. The van der Waals surface area contributed by atoms with Crippen molar-refractivity contribution >= 4 is 11.9 Å². The molecule has 3 heterocycles. The van der Waals surface area contributed by atoms with Gasteiger partial charge in [-0.15, -0.1) is 0 Å². The summed E-state index contributed by atoms with van der Waals surface area (Å²) in [4.78, 5) is 30.2. The normalized spacial score (nSPS) is 19.4. The zero-order valence-corrected chi connectivity index (χ0v) is 16.4. The van der Waals surface area contributed by atoms with Gasteiger partial charge in [-0.05, 0) is 18.6 Å². The molecule has 0 unspecified atom stereocenters. The van der Waals surface area contributed by atoms with Crippen molar-refractivity contribution in [3.63, 3.8) is 0 Å². The number of benzene rings is 1. The number of aryl methyl sites for hydroxylation is 1. The first kappa shape index (κ1) is 18.9. The van der Waals surface area contributed by atoms with Crippen LogP contribution in [0.4, 0.5) is 0 Å². The summed E-state index contributed by atoms with van der Waals surface area (Å²) in [5.74, 6) is 0.455. The molecule has 0 N–H and O–H groups in total. The Morgan fingerprint density at radius 2 is 2.00 bits per heavy atom. The Hall–Kier alpha value is -3.49. The van der Waals surface area contributed by atoms with Crippen molar-refractivity contribution in [2.75, 3.05) is 14.2 Å². The Morgan fingerprint density at radius 1 is 1.24 bits per heavy atom. The molecule has 4 rings (SSSR count). The summed E-state index contributed by atoms with van der Waals surface area (Å²) < 4.78 is 12.0. The van der Waals surface area contributed by atoms with Crippen LogP contribution in [0.5, 0.6) is 0 Å². The molecule has 1 aromatic carbocycles. The lowest BCUT2D eigenvalue weighted by Crippen LogP contribution is -2.39. The van der Waals surface area contributed by atoms with Gasteiger partial charge in [0, 0.05) is 37.8 Å². The first-order chi connectivity index (χ1) is 14.0. The fourth-order valence-electron chi connectivity index (χ4n) is 3.72. The van der Waals surface area contributed by atoms with Gasteiger partial charge in [-0.2, -0.15) is 10.1 Å². The van der Waals surface area contributed by atoms with Crippen molar-refractivity contribution < 1.29 is 18.8 Å². The summed E-state index contributed by atoms with van der Waals surface area (Å²) in [6.45, 7) is 0. The molecule has 29 heavy (non-hydrogen) atoms. The summed E-state index contributed by atoms with van der Waals surface area (Å²) in [7, 11) is 4.97. The lowest BCUT2D eigenvalue weighted by molar-refractivity contribution is -0.135. The molecule has 150 valence electrons. The lowest BCUT2D eigenvalue weighted by atomic mass is 9.85. The smallest absolute Gasteiger partial charge is 0.337 e. The number of rotatable bonds is 4. The van der Waals surface area contributed by atoms with Gasteiger partial charge >= 0.3 is 5.97 Å². The number of hydrogen-bond acceptors (Lipinski definition) is 7. The molecular formula is C20H21N5O4. The first-order valence-electron chi connectivity index (χ1n) is 9.24. The molecule has 1 aliphatic rings. The molecule has 1 saturated heterocycles. The van der Waals surface area contributed by atoms with Gasteiger partial charge in [-0.25, -0.2) is 4.79 Å². The summed E-state index contributed by atoms with van der Waals surface area (Å²) in [6.07, 6.45) is 4.69. The molecule has 9 heteroatoms. The van der Waals surface area contributed by atoms with Gasteiger partial charge < -0.3 is 14.2 Å². The van der Waals surface area contributed by atoms with Gasteiger partial charge in [0.1, 0.15) is 0 Å². The molecule has 1 amide bonds. The maximum atomic E-state index is 12.3. The highest BCUT2D eigenvalue weighted by Crippen LogP contribution is 2.41. The van der Waals surface area contributed by atoms with E-state index in [1.54, 1.807) is 47.1 Å². The molecule has 0 saturated carbocycles. The summed E-state index contributed by atoms with van der Waals surface area (Å²) in [5, 5.41) is 8.34. The average molecular weight is 395 g/mol. The highest BCUT2D eigenvalue weighted by molar-refractivity contribution is 5.89.